The molecule has 0 saturated heterocycles. The summed E-state index contributed by atoms with van der Waals surface area (Å²) in [5.41, 5.74) is 2.30. The zero-order chi connectivity index (χ0) is 17.6. The maximum atomic E-state index is 6.83. The van der Waals surface area contributed by atoms with E-state index >= 15 is 0 Å². The molecule has 0 spiro atoms. The second kappa shape index (κ2) is 9.11. The van der Waals surface area contributed by atoms with Crippen LogP contribution in [0.2, 0.25) is 18.1 Å². The van der Waals surface area contributed by atoms with E-state index in [4.69, 9.17) is 4.43 Å². The molecule has 4 heteroatoms. The summed E-state index contributed by atoms with van der Waals surface area (Å²) in [7, 11) is -1.65. The number of nitrogens with zero attached hydrogens (tertiary/aromatic N) is 1. The predicted octanol–water partition coefficient (Wildman–Crippen LogP) is 7.03. The lowest BCUT2D eigenvalue weighted by Gasteiger charge is -2.33. The van der Waals surface area contributed by atoms with Crippen LogP contribution in [0.1, 0.15) is 45.8 Å². The van der Waals surface area contributed by atoms with Crippen molar-refractivity contribution in [3.05, 3.63) is 51.7 Å². The Morgan fingerprint density at radius 3 is 2.54 bits per heavy atom. The normalized spacial score (nSPS) is 14.1. The Morgan fingerprint density at radius 2 is 1.92 bits per heavy atom. The van der Waals surface area contributed by atoms with Crippen LogP contribution in [0, 0.1) is 0 Å². The monoisotopic (exact) mass is 453 g/mol. The summed E-state index contributed by atoms with van der Waals surface area (Å²) in [6, 6.07) is 14.2. The number of benzene rings is 1. The lowest BCUT2D eigenvalue weighted by Crippen LogP contribution is -2.37. The smallest absolute Gasteiger partial charge is 0.192 e. The summed E-state index contributed by atoms with van der Waals surface area (Å²) in [5, 5.41) is 1.19. The number of hydrogen-bond acceptors (Lipinski definition) is 2. The van der Waals surface area contributed by atoms with Gasteiger partial charge in [0.05, 0.1) is 11.6 Å². The largest absolute Gasteiger partial charge is 0.410 e. The summed E-state index contributed by atoms with van der Waals surface area (Å²) >= 11 is 2.38. The Hall–Kier alpha value is -0.723. The minimum absolute atomic E-state index is 0.132. The standard InChI is InChI=1S/C20H28INOSi/c1-5-24(6-2,7-3)23-20(13-10-16(4)21)18-12-11-17-9-8-14-22-19(17)15-18/h8-12,14-15,20H,5-7,13H2,1-4H3/b16-10-/t20-/m1/s1. The molecule has 1 heterocycles. The highest BCUT2D eigenvalue weighted by Gasteiger charge is 2.32. The van der Waals surface area contributed by atoms with Gasteiger partial charge in [0.1, 0.15) is 0 Å². The first-order valence-electron chi connectivity index (χ1n) is 8.88. The topological polar surface area (TPSA) is 22.1 Å². The van der Waals surface area contributed by atoms with E-state index in [0.717, 1.165) is 11.9 Å². The summed E-state index contributed by atoms with van der Waals surface area (Å²) in [5.74, 6) is 0. The van der Waals surface area contributed by atoms with Crippen molar-refractivity contribution in [3.8, 4) is 0 Å². The molecule has 24 heavy (non-hydrogen) atoms. The van der Waals surface area contributed by atoms with Gasteiger partial charge in [0.15, 0.2) is 8.32 Å². The molecule has 1 aromatic heterocycles. The maximum Gasteiger partial charge on any atom is 0.192 e. The van der Waals surface area contributed by atoms with E-state index in [2.05, 4.69) is 85.6 Å². The van der Waals surface area contributed by atoms with Crippen molar-refractivity contribution in [2.75, 3.05) is 0 Å². The lowest BCUT2D eigenvalue weighted by molar-refractivity contribution is 0.193. The number of pyridine rings is 1. The van der Waals surface area contributed by atoms with Gasteiger partial charge in [-0.2, -0.15) is 0 Å². The van der Waals surface area contributed by atoms with Crippen LogP contribution in [0.4, 0.5) is 0 Å². The van der Waals surface area contributed by atoms with E-state index in [1.165, 1.54) is 32.7 Å². The van der Waals surface area contributed by atoms with E-state index in [1.54, 1.807) is 0 Å². The number of hydrogen-bond donors (Lipinski definition) is 0. The van der Waals surface area contributed by atoms with Crippen molar-refractivity contribution < 1.29 is 4.43 Å². The fraction of sp³-hybridized carbons (Fsp3) is 0.450. The molecule has 0 aliphatic heterocycles. The van der Waals surface area contributed by atoms with Crippen molar-refractivity contribution in [3.63, 3.8) is 0 Å². The van der Waals surface area contributed by atoms with Crippen molar-refractivity contribution in [1.82, 2.24) is 4.98 Å². The molecule has 1 aromatic carbocycles. The van der Waals surface area contributed by atoms with Gasteiger partial charge in [0.2, 0.25) is 0 Å². The molecule has 2 nitrogen and oxygen atoms in total. The maximum absolute atomic E-state index is 6.83. The highest BCUT2D eigenvalue weighted by atomic mass is 127. The Balaban J connectivity index is 2.38. The van der Waals surface area contributed by atoms with Gasteiger partial charge in [-0.1, -0.05) is 45.0 Å². The molecule has 2 rings (SSSR count). The molecule has 2 aromatic rings. The second-order valence-electron chi connectivity index (χ2n) is 6.33. The highest BCUT2D eigenvalue weighted by Crippen LogP contribution is 2.33. The minimum Gasteiger partial charge on any atom is -0.410 e. The molecule has 0 saturated carbocycles. The molecule has 0 fully saturated rings. The van der Waals surface area contributed by atoms with Crippen molar-refractivity contribution in [2.45, 2.75) is 58.4 Å². The van der Waals surface area contributed by atoms with Gasteiger partial charge in [-0.15, -0.1) is 0 Å². The number of rotatable bonds is 8. The van der Waals surface area contributed by atoms with Crippen LogP contribution in [-0.4, -0.2) is 13.3 Å². The molecule has 0 amide bonds. The molecule has 1 atom stereocenters. The van der Waals surface area contributed by atoms with Gasteiger partial charge in [0, 0.05) is 11.6 Å². The third kappa shape index (κ3) is 4.89. The average molecular weight is 453 g/mol. The molecule has 130 valence electrons. The molecule has 0 aliphatic carbocycles. The SMILES string of the molecule is CC[Si](CC)(CC)O[C@H](C/C=C(/C)I)c1ccc2cccnc2c1. The molecule has 0 unspecified atom stereocenters. The van der Waals surface area contributed by atoms with Gasteiger partial charge >= 0.3 is 0 Å². The number of allylic oxidation sites excluding steroid dienone is 1. The van der Waals surface area contributed by atoms with Gasteiger partial charge in [-0.25, -0.2) is 0 Å². The van der Waals surface area contributed by atoms with Gasteiger partial charge < -0.3 is 4.43 Å². The first-order chi connectivity index (χ1) is 11.5. The average Bonchev–Trinajstić information content (AvgIpc) is 2.62. The predicted molar refractivity (Wildman–Crippen MR) is 115 cm³/mol. The van der Waals surface area contributed by atoms with E-state index in [1.807, 2.05) is 12.3 Å². The lowest BCUT2D eigenvalue weighted by atomic mass is 10.0. The van der Waals surface area contributed by atoms with Gasteiger partial charge in [-0.3, -0.25) is 4.98 Å². The second-order valence-corrected chi connectivity index (χ2v) is 12.8. The number of fused-ring (bicyclic) bond motifs is 1. The van der Waals surface area contributed by atoms with Crippen LogP contribution >= 0.6 is 22.6 Å². The summed E-state index contributed by atoms with van der Waals surface area (Å²) in [6.45, 7) is 9.01. The molecule has 0 N–H and O–H groups in total. The van der Waals surface area contributed by atoms with Crippen LogP contribution in [0.5, 0.6) is 0 Å². The molecular formula is C20H28INOSi. The van der Waals surface area contributed by atoms with Crippen LogP contribution in [0.25, 0.3) is 10.9 Å². The Morgan fingerprint density at radius 1 is 1.21 bits per heavy atom. The Bertz CT molecular complexity index is 685. The first kappa shape index (κ1) is 19.6. The minimum atomic E-state index is -1.65. The third-order valence-electron chi connectivity index (χ3n) is 4.94. The Labute approximate surface area is 161 Å². The fourth-order valence-corrected chi connectivity index (χ4v) is 6.20. The summed E-state index contributed by atoms with van der Waals surface area (Å²) in [4.78, 5) is 4.52. The van der Waals surface area contributed by atoms with Gasteiger partial charge in [-0.05, 0) is 75.3 Å². The third-order valence-corrected chi connectivity index (χ3v) is 10.0. The highest BCUT2D eigenvalue weighted by molar-refractivity contribution is 14.1. The zero-order valence-corrected chi connectivity index (χ0v) is 18.3. The van der Waals surface area contributed by atoms with Crippen LogP contribution < -0.4 is 0 Å². The fourth-order valence-electron chi connectivity index (χ4n) is 3.11. The summed E-state index contributed by atoms with van der Waals surface area (Å²) < 4.78 is 8.15. The Kier molecular flexibility index (Phi) is 7.44. The van der Waals surface area contributed by atoms with Crippen molar-refractivity contribution in [2.24, 2.45) is 0 Å². The van der Waals surface area contributed by atoms with E-state index in [0.29, 0.717) is 0 Å². The molecule has 0 radical (unpaired) electrons. The molecule has 0 aliphatic rings. The van der Waals surface area contributed by atoms with Crippen LogP contribution in [-0.2, 0) is 4.43 Å². The van der Waals surface area contributed by atoms with Gasteiger partial charge in [0.25, 0.3) is 0 Å². The quantitative estimate of drug-likeness (QED) is 0.316. The van der Waals surface area contributed by atoms with Crippen molar-refractivity contribution >= 4 is 41.8 Å². The van der Waals surface area contributed by atoms with Crippen LogP contribution in [0.3, 0.4) is 0 Å². The van der Waals surface area contributed by atoms with E-state index in [9.17, 15) is 0 Å². The van der Waals surface area contributed by atoms with E-state index in [-0.39, 0.29) is 6.10 Å². The molecular weight excluding hydrogens is 425 g/mol. The number of halogens is 1. The zero-order valence-electron chi connectivity index (χ0n) is 15.2. The van der Waals surface area contributed by atoms with Crippen LogP contribution in [0.15, 0.2) is 46.2 Å². The molecule has 0 bridgehead atoms. The number of aromatic nitrogens is 1. The first-order valence-corrected chi connectivity index (χ1v) is 12.5. The summed E-state index contributed by atoms with van der Waals surface area (Å²) in [6.07, 6.45) is 5.21. The van der Waals surface area contributed by atoms with Crippen molar-refractivity contribution in [1.29, 1.82) is 0 Å². The van der Waals surface area contributed by atoms with E-state index < -0.39 is 8.32 Å².